The molecule has 0 bridgehead atoms. The van der Waals surface area contributed by atoms with Gasteiger partial charge in [-0.25, -0.2) is 0 Å². The van der Waals surface area contributed by atoms with E-state index in [9.17, 15) is 4.79 Å². The fourth-order valence-electron chi connectivity index (χ4n) is 3.66. The van der Waals surface area contributed by atoms with Gasteiger partial charge in [0, 0.05) is 49.4 Å². The Morgan fingerprint density at radius 3 is 2.92 bits per heavy atom. The highest BCUT2D eigenvalue weighted by Crippen LogP contribution is 2.26. The average molecular weight is 340 g/mol. The van der Waals surface area contributed by atoms with Gasteiger partial charge in [0.25, 0.3) is 0 Å². The Morgan fingerprint density at radius 2 is 2.04 bits per heavy atom. The lowest BCUT2D eigenvalue weighted by atomic mass is 10.0. The fourth-order valence-corrected chi connectivity index (χ4v) is 3.66. The molecular formula is C19H24N4O2. The molecule has 1 aromatic carbocycles. The fraction of sp³-hybridized carbons (Fsp3) is 0.474. The number of aromatic amines is 1. The molecule has 2 aromatic rings. The molecular weight excluding hydrogens is 316 g/mol. The molecule has 2 aliphatic heterocycles. The second-order valence-corrected chi connectivity index (χ2v) is 6.70. The Morgan fingerprint density at radius 1 is 1.20 bits per heavy atom. The molecule has 1 fully saturated rings. The summed E-state index contributed by atoms with van der Waals surface area (Å²) in [6.45, 7) is 4.20. The van der Waals surface area contributed by atoms with Crippen LogP contribution in [0.25, 0.3) is 11.3 Å². The number of hydrogen-bond donors (Lipinski definition) is 2. The van der Waals surface area contributed by atoms with Crippen LogP contribution in [0.3, 0.4) is 0 Å². The Bertz CT molecular complexity index is 720. The third-order valence-corrected chi connectivity index (χ3v) is 5.06. The van der Waals surface area contributed by atoms with Gasteiger partial charge in [0.05, 0.1) is 24.8 Å². The molecule has 1 atom stereocenters. The van der Waals surface area contributed by atoms with Gasteiger partial charge in [0.2, 0.25) is 5.91 Å². The number of carbonyl (C=O) groups is 1. The van der Waals surface area contributed by atoms with Crippen molar-refractivity contribution in [1.29, 1.82) is 0 Å². The molecule has 0 spiro atoms. The lowest BCUT2D eigenvalue weighted by Gasteiger charge is -2.25. The lowest BCUT2D eigenvalue weighted by Crippen LogP contribution is -2.42. The minimum Gasteiger partial charge on any atom is -0.379 e. The molecule has 0 radical (unpaired) electrons. The molecule has 1 aromatic heterocycles. The second kappa shape index (κ2) is 7.37. The van der Waals surface area contributed by atoms with Crippen LogP contribution in [0, 0.1) is 5.92 Å². The van der Waals surface area contributed by atoms with E-state index in [1.54, 1.807) is 0 Å². The first-order valence-electron chi connectivity index (χ1n) is 9.01. The van der Waals surface area contributed by atoms with Gasteiger partial charge in [0.15, 0.2) is 0 Å². The summed E-state index contributed by atoms with van der Waals surface area (Å²) in [5.74, 6) is 0.124. The number of aromatic nitrogens is 2. The van der Waals surface area contributed by atoms with E-state index in [2.05, 4.69) is 27.6 Å². The number of fused-ring (bicyclic) bond motifs is 1. The van der Waals surface area contributed by atoms with Gasteiger partial charge in [-0.05, 0) is 6.42 Å². The number of benzene rings is 1. The number of ether oxygens (including phenoxy) is 1. The van der Waals surface area contributed by atoms with E-state index >= 15 is 0 Å². The topological polar surface area (TPSA) is 70.2 Å². The van der Waals surface area contributed by atoms with Crippen molar-refractivity contribution in [2.45, 2.75) is 12.8 Å². The summed E-state index contributed by atoms with van der Waals surface area (Å²) < 4.78 is 5.55. The molecule has 0 aliphatic carbocycles. The number of amides is 1. The monoisotopic (exact) mass is 340 g/mol. The Balaban J connectivity index is 1.49. The normalized spacial score (nSPS) is 21.3. The van der Waals surface area contributed by atoms with Gasteiger partial charge in [0.1, 0.15) is 0 Å². The molecule has 1 amide bonds. The highest BCUT2D eigenvalue weighted by atomic mass is 16.5. The molecule has 2 N–H and O–H groups in total. The van der Waals surface area contributed by atoms with Crippen molar-refractivity contribution in [2.24, 2.45) is 5.92 Å². The maximum Gasteiger partial charge on any atom is 0.229 e. The molecule has 25 heavy (non-hydrogen) atoms. The predicted molar refractivity (Wildman–Crippen MR) is 95.2 cm³/mol. The van der Waals surface area contributed by atoms with Gasteiger partial charge < -0.3 is 15.0 Å². The number of hydrogen-bond acceptors (Lipinski definition) is 4. The Kier molecular flexibility index (Phi) is 4.81. The maximum absolute atomic E-state index is 12.9. The molecule has 132 valence electrons. The first-order valence-corrected chi connectivity index (χ1v) is 9.01. The summed E-state index contributed by atoms with van der Waals surface area (Å²) in [6.07, 6.45) is 1.66. The molecule has 2 aliphatic rings. The van der Waals surface area contributed by atoms with Crippen LogP contribution >= 0.6 is 0 Å². The highest BCUT2D eigenvalue weighted by molar-refractivity contribution is 5.79. The lowest BCUT2D eigenvalue weighted by molar-refractivity contribution is -0.136. The van der Waals surface area contributed by atoms with Gasteiger partial charge in [-0.15, -0.1) is 0 Å². The molecule has 1 unspecified atom stereocenters. The molecule has 0 saturated carbocycles. The average Bonchev–Trinajstić information content (AvgIpc) is 2.84. The van der Waals surface area contributed by atoms with Crippen molar-refractivity contribution in [3.63, 3.8) is 0 Å². The number of H-pyrrole nitrogens is 1. The van der Waals surface area contributed by atoms with E-state index in [0.717, 1.165) is 49.4 Å². The van der Waals surface area contributed by atoms with E-state index in [1.165, 1.54) is 5.56 Å². The van der Waals surface area contributed by atoms with E-state index in [4.69, 9.17) is 4.74 Å². The zero-order chi connectivity index (χ0) is 17.1. The van der Waals surface area contributed by atoms with Crippen molar-refractivity contribution >= 4 is 5.91 Å². The third kappa shape index (κ3) is 3.45. The van der Waals surface area contributed by atoms with Crippen LogP contribution in [0.15, 0.2) is 30.3 Å². The van der Waals surface area contributed by atoms with Gasteiger partial charge >= 0.3 is 0 Å². The van der Waals surface area contributed by atoms with Crippen LogP contribution in [0.1, 0.15) is 11.3 Å². The first-order chi connectivity index (χ1) is 12.3. The standard InChI is InChI=1S/C19H24N4O2/c24-19(15-12-20-8-11-25-13-15)23-9-6-16-17(7-10-23)21-22-18(16)14-4-2-1-3-5-14/h1-5,15,20H,6-13H2,(H,21,22). The third-order valence-electron chi connectivity index (χ3n) is 5.06. The number of carbonyl (C=O) groups excluding carboxylic acids is 1. The summed E-state index contributed by atoms with van der Waals surface area (Å²) in [6, 6.07) is 10.2. The molecule has 1 saturated heterocycles. The Labute approximate surface area is 147 Å². The van der Waals surface area contributed by atoms with Crippen molar-refractivity contribution in [3.05, 3.63) is 41.6 Å². The summed E-state index contributed by atoms with van der Waals surface area (Å²) in [7, 11) is 0. The number of nitrogens with one attached hydrogen (secondary N) is 2. The SMILES string of the molecule is O=C(C1CNCCOC1)N1CCc2[nH]nc(-c3ccccc3)c2CC1. The van der Waals surface area contributed by atoms with Gasteiger partial charge in [-0.1, -0.05) is 30.3 Å². The van der Waals surface area contributed by atoms with Crippen LogP contribution < -0.4 is 5.32 Å². The van der Waals surface area contributed by atoms with Crippen LogP contribution in [0.2, 0.25) is 0 Å². The van der Waals surface area contributed by atoms with Crippen LogP contribution in [-0.4, -0.2) is 60.4 Å². The van der Waals surface area contributed by atoms with E-state index < -0.39 is 0 Å². The molecule has 6 heteroatoms. The van der Waals surface area contributed by atoms with Crippen molar-refractivity contribution < 1.29 is 9.53 Å². The Hall–Kier alpha value is -2.18. The zero-order valence-electron chi connectivity index (χ0n) is 14.3. The van der Waals surface area contributed by atoms with Crippen molar-refractivity contribution in [1.82, 2.24) is 20.4 Å². The summed E-state index contributed by atoms with van der Waals surface area (Å²) in [5.41, 5.74) is 4.55. The molecule has 6 nitrogen and oxygen atoms in total. The second-order valence-electron chi connectivity index (χ2n) is 6.70. The van der Waals surface area contributed by atoms with Gasteiger partial charge in [-0.2, -0.15) is 5.10 Å². The smallest absolute Gasteiger partial charge is 0.229 e. The van der Waals surface area contributed by atoms with Crippen LogP contribution in [0.4, 0.5) is 0 Å². The van der Waals surface area contributed by atoms with Gasteiger partial charge in [-0.3, -0.25) is 9.89 Å². The highest BCUT2D eigenvalue weighted by Gasteiger charge is 2.28. The van der Waals surface area contributed by atoms with Crippen LogP contribution in [-0.2, 0) is 22.4 Å². The number of rotatable bonds is 2. The molecule has 3 heterocycles. The van der Waals surface area contributed by atoms with E-state index in [0.29, 0.717) is 19.8 Å². The first kappa shape index (κ1) is 16.3. The summed E-state index contributed by atoms with van der Waals surface area (Å²) in [4.78, 5) is 14.9. The van der Waals surface area contributed by atoms with Crippen LogP contribution in [0.5, 0.6) is 0 Å². The quantitative estimate of drug-likeness (QED) is 0.863. The minimum absolute atomic E-state index is 0.0781. The maximum atomic E-state index is 12.9. The predicted octanol–water partition coefficient (Wildman–Crippen LogP) is 1.24. The summed E-state index contributed by atoms with van der Waals surface area (Å²) in [5, 5.41) is 11.0. The van der Waals surface area contributed by atoms with E-state index in [1.807, 2.05) is 23.1 Å². The summed E-state index contributed by atoms with van der Waals surface area (Å²) >= 11 is 0. The van der Waals surface area contributed by atoms with Crippen molar-refractivity contribution in [2.75, 3.05) is 39.4 Å². The largest absolute Gasteiger partial charge is 0.379 e. The number of nitrogens with zero attached hydrogens (tertiary/aromatic N) is 2. The minimum atomic E-state index is -0.0781. The molecule has 4 rings (SSSR count). The van der Waals surface area contributed by atoms with E-state index in [-0.39, 0.29) is 11.8 Å². The van der Waals surface area contributed by atoms with Crippen molar-refractivity contribution in [3.8, 4) is 11.3 Å². The zero-order valence-corrected chi connectivity index (χ0v) is 14.3.